The van der Waals surface area contributed by atoms with Gasteiger partial charge in [0.05, 0.1) is 17.1 Å². The number of carbonyl (C=O) groups excluding carboxylic acids is 3. The van der Waals surface area contributed by atoms with Crippen LogP contribution in [0.5, 0.6) is 0 Å². The van der Waals surface area contributed by atoms with Crippen molar-refractivity contribution in [2.45, 2.75) is 32.1 Å². The molecule has 31 heavy (non-hydrogen) atoms. The fourth-order valence-electron chi connectivity index (χ4n) is 2.91. The van der Waals surface area contributed by atoms with Crippen LogP contribution >= 0.6 is 0 Å². The van der Waals surface area contributed by atoms with E-state index in [2.05, 4.69) is 10.3 Å². The maximum absolute atomic E-state index is 12.3. The third kappa shape index (κ3) is 6.40. The number of amides is 1. The molecule has 0 atom stereocenters. The Labute approximate surface area is 180 Å². The van der Waals surface area contributed by atoms with Crippen LogP contribution in [0.2, 0.25) is 0 Å². The molecule has 4 N–H and O–H groups in total. The van der Waals surface area contributed by atoms with Crippen LogP contribution in [0.3, 0.4) is 0 Å². The monoisotopic (exact) mass is 451 g/mol. The van der Waals surface area contributed by atoms with E-state index in [1.54, 1.807) is 32.9 Å². The van der Waals surface area contributed by atoms with Crippen LogP contribution in [0.25, 0.3) is 0 Å². The number of aromatic amines is 1. The Morgan fingerprint density at radius 1 is 1.06 bits per heavy atom. The zero-order valence-electron chi connectivity index (χ0n) is 17.5. The van der Waals surface area contributed by atoms with Crippen LogP contribution in [0.1, 0.15) is 44.6 Å². The first-order chi connectivity index (χ1) is 14.5. The lowest BCUT2D eigenvalue weighted by Gasteiger charge is -2.07. The van der Waals surface area contributed by atoms with Crippen molar-refractivity contribution >= 4 is 27.9 Å². The highest BCUT2D eigenvalue weighted by molar-refractivity contribution is 7.89. The minimum atomic E-state index is -3.75. The molecule has 0 radical (unpaired) electrons. The van der Waals surface area contributed by atoms with Crippen LogP contribution in [-0.2, 0) is 30.7 Å². The molecule has 2 aromatic rings. The molecule has 0 aliphatic heterocycles. The normalized spacial score (nSPS) is 11.1. The minimum Gasteiger partial charge on any atom is -0.462 e. The molecule has 0 unspecified atom stereocenters. The van der Waals surface area contributed by atoms with Crippen LogP contribution in [0, 0.1) is 13.8 Å². The van der Waals surface area contributed by atoms with E-state index in [0.29, 0.717) is 17.7 Å². The van der Waals surface area contributed by atoms with Gasteiger partial charge in [-0.2, -0.15) is 0 Å². The number of ether oxygens (including phenoxy) is 2. The van der Waals surface area contributed by atoms with E-state index in [1.165, 1.54) is 12.1 Å². The van der Waals surface area contributed by atoms with Crippen LogP contribution in [-0.4, -0.2) is 51.0 Å². The molecule has 0 aliphatic carbocycles. The summed E-state index contributed by atoms with van der Waals surface area (Å²) in [6, 6.07) is 5.98. The quantitative estimate of drug-likeness (QED) is 0.479. The molecule has 1 aromatic heterocycles. The Hall–Kier alpha value is -3.18. The summed E-state index contributed by atoms with van der Waals surface area (Å²) in [5.41, 5.74) is 2.02. The number of hydrogen-bond acceptors (Lipinski definition) is 7. The van der Waals surface area contributed by atoms with Crippen molar-refractivity contribution in [3.8, 4) is 0 Å². The number of esters is 2. The number of rotatable bonds is 9. The maximum Gasteiger partial charge on any atom is 0.355 e. The first-order valence-corrected chi connectivity index (χ1v) is 11.0. The van der Waals surface area contributed by atoms with Crippen molar-refractivity contribution in [2.24, 2.45) is 5.14 Å². The topological polar surface area (TPSA) is 158 Å². The predicted molar refractivity (Wildman–Crippen MR) is 111 cm³/mol. The van der Waals surface area contributed by atoms with Gasteiger partial charge in [-0.05, 0) is 50.5 Å². The van der Waals surface area contributed by atoms with Crippen molar-refractivity contribution in [2.75, 3.05) is 19.8 Å². The summed E-state index contributed by atoms with van der Waals surface area (Å²) in [4.78, 5) is 39.0. The van der Waals surface area contributed by atoms with Gasteiger partial charge in [-0.15, -0.1) is 0 Å². The Morgan fingerprint density at radius 2 is 1.71 bits per heavy atom. The molecule has 10 nitrogen and oxygen atoms in total. The van der Waals surface area contributed by atoms with Gasteiger partial charge in [-0.1, -0.05) is 12.1 Å². The molecule has 0 fully saturated rings. The summed E-state index contributed by atoms with van der Waals surface area (Å²) < 4.78 is 32.5. The fraction of sp³-hybridized carbons (Fsp3) is 0.350. The summed E-state index contributed by atoms with van der Waals surface area (Å²) in [7, 11) is -3.75. The molecule has 0 aliphatic rings. The molecule has 1 heterocycles. The fourth-order valence-corrected chi connectivity index (χ4v) is 3.43. The highest BCUT2D eigenvalue weighted by atomic mass is 32.2. The number of sulfonamides is 1. The number of benzene rings is 1. The summed E-state index contributed by atoms with van der Waals surface area (Å²) in [5, 5.41) is 7.65. The van der Waals surface area contributed by atoms with Crippen molar-refractivity contribution < 1.29 is 32.3 Å². The summed E-state index contributed by atoms with van der Waals surface area (Å²) in [6.45, 7) is 4.89. The predicted octanol–water partition coefficient (Wildman–Crippen LogP) is 0.971. The number of aromatic nitrogens is 1. The van der Waals surface area contributed by atoms with Gasteiger partial charge in [0, 0.05) is 12.2 Å². The van der Waals surface area contributed by atoms with Gasteiger partial charge in [-0.25, -0.2) is 23.1 Å². The zero-order valence-corrected chi connectivity index (χ0v) is 18.3. The van der Waals surface area contributed by atoms with Gasteiger partial charge in [0.25, 0.3) is 5.91 Å². The van der Waals surface area contributed by atoms with Crippen molar-refractivity contribution in [3.05, 3.63) is 52.3 Å². The molecule has 168 valence electrons. The molecule has 11 heteroatoms. The van der Waals surface area contributed by atoms with Gasteiger partial charge in [0.1, 0.15) is 5.69 Å². The van der Waals surface area contributed by atoms with Gasteiger partial charge in [0.2, 0.25) is 10.0 Å². The molecule has 0 saturated carbocycles. The first-order valence-electron chi connectivity index (χ1n) is 9.46. The minimum absolute atomic E-state index is 0.00755. The number of carbonyl (C=O) groups is 3. The number of aryl methyl sites for hydroxylation is 1. The Bertz CT molecular complexity index is 1070. The Balaban J connectivity index is 1.84. The summed E-state index contributed by atoms with van der Waals surface area (Å²) in [6.07, 6.45) is 0.447. The van der Waals surface area contributed by atoms with E-state index >= 15 is 0 Å². The molecular weight excluding hydrogens is 426 g/mol. The summed E-state index contributed by atoms with van der Waals surface area (Å²) in [5.74, 6) is -1.80. The molecule has 2 rings (SSSR count). The number of H-pyrrole nitrogens is 1. The van der Waals surface area contributed by atoms with E-state index in [9.17, 15) is 22.8 Å². The van der Waals surface area contributed by atoms with Crippen LogP contribution < -0.4 is 10.5 Å². The first kappa shape index (κ1) is 24.1. The highest BCUT2D eigenvalue weighted by Crippen LogP contribution is 2.19. The van der Waals surface area contributed by atoms with E-state index < -0.39 is 34.5 Å². The average Bonchev–Trinajstić information content (AvgIpc) is 3.00. The second-order valence-electron chi connectivity index (χ2n) is 6.71. The number of nitrogens with two attached hydrogens (primary N) is 1. The molecular formula is C20H25N3O7S. The van der Waals surface area contributed by atoms with Gasteiger partial charge >= 0.3 is 11.9 Å². The van der Waals surface area contributed by atoms with E-state index in [1.807, 2.05) is 0 Å². The van der Waals surface area contributed by atoms with Crippen LogP contribution in [0.15, 0.2) is 29.2 Å². The average molecular weight is 452 g/mol. The largest absolute Gasteiger partial charge is 0.462 e. The van der Waals surface area contributed by atoms with E-state index in [4.69, 9.17) is 14.6 Å². The maximum atomic E-state index is 12.3. The molecule has 0 bridgehead atoms. The second kappa shape index (κ2) is 10.2. The highest BCUT2D eigenvalue weighted by Gasteiger charge is 2.24. The van der Waals surface area contributed by atoms with E-state index in [0.717, 1.165) is 5.56 Å². The number of hydrogen-bond donors (Lipinski definition) is 3. The lowest BCUT2D eigenvalue weighted by molar-refractivity contribution is -0.124. The van der Waals surface area contributed by atoms with Gasteiger partial charge in [0.15, 0.2) is 6.61 Å². The van der Waals surface area contributed by atoms with Crippen molar-refractivity contribution in [3.63, 3.8) is 0 Å². The molecule has 1 aromatic carbocycles. The van der Waals surface area contributed by atoms with E-state index in [-0.39, 0.29) is 29.3 Å². The van der Waals surface area contributed by atoms with Gasteiger partial charge in [-0.3, -0.25) is 4.79 Å². The Kier molecular flexibility index (Phi) is 7.95. The lowest BCUT2D eigenvalue weighted by Crippen LogP contribution is -2.30. The molecule has 0 spiro atoms. The third-order valence-corrected chi connectivity index (χ3v) is 5.37. The Morgan fingerprint density at radius 3 is 2.29 bits per heavy atom. The van der Waals surface area contributed by atoms with Crippen molar-refractivity contribution in [1.82, 2.24) is 10.3 Å². The van der Waals surface area contributed by atoms with Crippen molar-refractivity contribution in [1.29, 1.82) is 0 Å². The zero-order chi connectivity index (χ0) is 23.2. The van der Waals surface area contributed by atoms with Gasteiger partial charge < -0.3 is 19.8 Å². The number of primary sulfonamides is 1. The SMILES string of the molecule is CCOC(=O)c1c(C)[nH]c(C(=O)OCC(=O)NCCc2ccc(S(N)(=O)=O)cc2)c1C. The standard InChI is InChI=1S/C20H25N3O7S/c1-4-29-19(25)17-12(2)18(23-13(17)3)20(26)30-11-16(24)22-10-9-14-5-7-15(8-6-14)31(21,27)28/h5-8,23H,4,9-11H2,1-3H3,(H,22,24)(H2,21,27,28). The smallest absolute Gasteiger partial charge is 0.355 e. The van der Waals surface area contributed by atoms with Crippen LogP contribution in [0.4, 0.5) is 0 Å². The third-order valence-electron chi connectivity index (χ3n) is 4.44. The summed E-state index contributed by atoms with van der Waals surface area (Å²) >= 11 is 0. The lowest BCUT2D eigenvalue weighted by atomic mass is 10.1. The second-order valence-corrected chi connectivity index (χ2v) is 8.27. The number of nitrogens with one attached hydrogen (secondary N) is 2. The molecule has 0 saturated heterocycles. The molecule has 1 amide bonds.